The van der Waals surface area contributed by atoms with E-state index >= 15 is 0 Å². The van der Waals surface area contributed by atoms with Gasteiger partial charge in [0.25, 0.3) is 0 Å². The number of ether oxygens (including phenoxy) is 1. The number of carboxylic acid groups (broad SMARTS) is 1. The summed E-state index contributed by atoms with van der Waals surface area (Å²) >= 11 is 1.46. The van der Waals surface area contributed by atoms with Crippen molar-refractivity contribution in [1.29, 1.82) is 0 Å². The molecule has 1 aliphatic heterocycles. The summed E-state index contributed by atoms with van der Waals surface area (Å²) in [6.45, 7) is 4.04. The summed E-state index contributed by atoms with van der Waals surface area (Å²) in [7, 11) is 1.55. The summed E-state index contributed by atoms with van der Waals surface area (Å²) in [5.74, 6) is -0.529. The fourth-order valence-corrected chi connectivity index (χ4v) is 2.89. The standard InChI is InChI=1S/C10H18N2O4S/c1-6(4-16-3)11-10(15)12-7(2)17-5-8(12)9(13)14/h6-8H,4-5H2,1-3H3,(H,11,15)(H,13,14). The molecule has 0 aliphatic carbocycles. The summed E-state index contributed by atoms with van der Waals surface area (Å²) in [5, 5.41) is 11.6. The van der Waals surface area contributed by atoms with Crippen molar-refractivity contribution < 1.29 is 19.4 Å². The third-order valence-corrected chi connectivity index (χ3v) is 3.75. The van der Waals surface area contributed by atoms with Crippen LogP contribution in [0.25, 0.3) is 0 Å². The Morgan fingerprint density at radius 2 is 2.29 bits per heavy atom. The van der Waals surface area contributed by atoms with Gasteiger partial charge in [0, 0.05) is 12.9 Å². The topological polar surface area (TPSA) is 78.9 Å². The van der Waals surface area contributed by atoms with E-state index in [4.69, 9.17) is 9.84 Å². The Morgan fingerprint density at radius 1 is 1.65 bits per heavy atom. The van der Waals surface area contributed by atoms with E-state index in [1.165, 1.54) is 16.7 Å². The zero-order valence-corrected chi connectivity index (χ0v) is 11.0. The Kier molecular flexibility index (Phi) is 5.07. The van der Waals surface area contributed by atoms with Crippen LogP contribution in [0.3, 0.4) is 0 Å². The average molecular weight is 262 g/mol. The molecule has 1 fully saturated rings. The largest absolute Gasteiger partial charge is 0.480 e. The molecule has 0 bridgehead atoms. The maximum atomic E-state index is 11.9. The highest BCUT2D eigenvalue weighted by Gasteiger charge is 2.39. The smallest absolute Gasteiger partial charge is 0.327 e. The maximum Gasteiger partial charge on any atom is 0.327 e. The van der Waals surface area contributed by atoms with Crippen molar-refractivity contribution in [2.75, 3.05) is 19.5 Å². The lowest BCUT2D eigenvalue weighted by molar-refractivity contribution is -0.141. The molecule has 0 saturated carbocycles. The minimum atomic E-state index is -0.962. The molecule has 3 atom stereocenters. The number of carboxylic acids is 1. The Bertz CT molecular complexity index is 300. The number of rotatable bonds is 4. The summed E-state index contributed by atoms with van der Waals surface area (Å²) in [6, 6.07) is -1.23. The van der Waals surface area contributed by atoms with Gasteiger partial charge in [-0.1, -0.05) is 0 Å². The van der Waals surface area contributed by atoms with E-state index in [1.54, 1.807) is 7.11 Å². The fourth-order valence-electron chi connectivity index (χ4n) is 1.72. The number of carbonyl (C=O) groups excluding carboxylic acids is 1. The SMILES string of the molecule is COCC(C)NC(=O)N1C(C)SCC1C(=O)O. The highest BCUT2D eigenvalue weighted by molar-refractivity contribution is 8.00. The third kappa shape index (κ3) is 3.50. The van der Waals surface area contributed by atoms with Crippen molar-refractivity contribution in [3.63, 3.8) is 0 Å². The molecule has 0 aromatic heterocycles. The molecule has 1 aliphatic rings. The second-order valence-corrected chi connectivity index (χ2v) is 5.35. The number of carbonyl (C=O) groups is 2. The number of nitrogens with zero attached hydrogens (tertiary/aromatic N) is 1. The van der Waals surface area contributed by atoms with Crippen LogP contribution in [0.2, 0.25) is 0 Å². The molecule has 7 heteroatoms. The molecule has 3 unspecified atom stereocenters. The first-order valence-electron chi connectivity index (χ1n) is 5.39. The summed E-state index contributed by atoms with van der Waals surface area (Å²) in [4.78, 5) is 24.3. The maximum absolute atomic E-state index is 11.9. The first-order valence-corrected chi connectivity index (χ1v) is 6.44. The van der Waals surface area contributed by atoms with Crippen LogP contribution in [0.4, 0.5) is 4.79 Å². The van der Waals surface area contributed by atoms with Gasteiger partial charge < -0.3 is 15.2 Å². The van der Waals surface area contributed by atoms with Gasteiger partial charge in [0.2, 0.25) is 0 Å². The number of methoxy groups -OCH3 is 1. The number of amides is 2. The summed E-state index contributed by atoms with van der Waals surface area (Å²) in [5.41, 5.74) is 0. The van der Waals surface area contributed by atoms with Gasteiger partial charge >= 0.3 is 12.0 Å². The van der Waals surface area contributed by atoms with Gasteiger partial charge in [0.1, 0.15) is 6.04 Å². The van der Waals surface area contributed by atoms with Crippen LogP contribution >= 0.6 is 11.8 Å². The van der Waals surface area contributed by atoms with Crippen molar-refractivity contribution in [3.05, 3.63) is 0 Å². The van der Waals surface area contributed by atoms with Crippen molar-refractivity contribution in [1.82, 2.24) is 10.2 Å². The average Bonchev–Trinajstić information content (AvgIpc) is 2.60. The molecule has 6 nitrogen and oxygen atoms in total. The fraction of sp³-hybridized carbons (Fsp3) is 0.800. The van der Waals surface area contributed by atoms with Crippen LogP contribution in [-0.2, 0) is 9.53 Å². The number of hydrogen-bond donors (Lipinski definition) is 2. The van der Waals surface area contributed by atoms with Crippen LogP contribution in [0, 0.1) is 0 Å². The molecule has 0 radical (unpaired) electrons. The Balaban J connectivity index is 2.62. The minimum absolute atomic E-state index is 0.120. The van der Waals surface area contributed by atoms with Crippen molar-refractivity contribution in [2.45, 2.75) is 31.3 Å². The second-order valence-electron chi connectivity index (χ2n) is 4.00. The van der Waals surface area contributed by atoms with Crippen molar-refractivity contribution in [3.8, 4) is 0 Å². The summed E-state index contributed by atoms with van der Waals surface area (Å²) in [6.07, 6.45) is 0. The summed E-state index contributed by atoms with van der Waals surface area (Å²) < 4.78 is 4.91. The van der Waals surface area contributed by atoms with E-state index in [9.17, 15) is 9.59 Å². The molecule has 98 valence electrons. The highest BCUT2D eigenvalue weighted by Crippen LogP contribution is 2.28. The van der Waals surface area contributed by atoms with Crippen LogP contribution < -0.4 is 5.32 Å². The van der Waals surface area contributed by atoms with E-state index in [0.717, 1.165) is 0 Å². The minimum Gasteiger partial charge on any atom is -0.480 e. The van der Waals surface area contributed by atoms with Gasteiger partial charge in [-0.05, 0) is 13.8 Å². The van der Waals surface area contributed by atoms with Crippen LogP contribution in [0.1, 0.15) is 13.8 Å². The van der Waals surface area contributed by atoms with Gasteiger partial charge in [-0.3, -0.25) is 4.90 Å². The molecule has 17 heavy (non-hydrogen) atoms. The molecular formula is C10H18N2O4S. The molecule has 0 spiro atoms. The number of aliphatic carboxylic acids is 1. The number of urea groups is 1. The Labute approximate surface area is 105 Å². The van der Waals surface area contributed by atoms with E-state index in [1.807, 2.05) is 13.8 Å². The van der Waals surface area contributed by atoms with Gasteiger partial charge in [0.15, 0.2) is 0 Å². The van der Waals surface area contributed by atoms with Crippen LogP contribution in [0.15, 0.2) is 0 Å². The number of thioether (sulfide) groups is 1. The lowest BCUT2D eigenvalue weighted by atomic mass is 10.3. The second kappa shape index (κ2) is 6.11. The van der Waals surface area contributed by atoms with Gasteiger partial charge in [-0.2, -0.15) is 0 Å². The van der Waals surface area contributed by atoms with Gasteiger partial charge in [-0.25, -0.2) is 9.59 Å². The predicted octanol–water partition coefficient (Wildman–Crippen LogP) is 0.579. The quantitative estimate of drug-likeness (QED) is 0.774. The number of hydrogen-bond acceptors (Lipinski definition) is 4. The lowest BCUT2D eigenvalue weighted by Gasteiger charge is -2.26. The van der Waals surface area contributed by atoms with Crippen molar-refractivity contribution in [2.24, 2.45) is 0 Å². The van der Waals surface area contributed by atoms with Crippen LogP contribution in [0.5, 0.6) is 0 Å². The normalized spacial score (nSPS) is 25.7. The number of nitrogens with one attached hydrogen (secondary N) is 1. The Morgan fingerprint density at radius 3 is 2.82 bits per heavy atom. The first kappa shape index (κ1) is 14.1. The monoisotopic (exact) mass is 262 g/mol. The highest BCUT2D eigenvalue weighted by atomic mass is 32.2. The molecule has 1 heterocycles. The van der Waals surface area contributed by atoms with E-state index in [-0.39, 0.29) is 17.4 Å². The zero-order valence-electron chi connectivity index (χ0n) is 10.2. The molecule has 2 N–H and O–H groups in total. The Hall–Kier alpha value is -0.950. The van der Waals surface area contributed by atoms with E-state index in [2.05, 4.69) is 5.32 Å². The molecule has 1 rings (SSSR count). The van der Waals surface area contributed by atoms with E-state index in [0.29, 0.717) is 12.4 Å². The predicted molar refractivity (Wildman–Crippen MR) is 65.1 cm³/mol. The van der Waals surface area contributed by atoms with E-state index < -0.39 is 12.0 Å². The van der Waals surface area contributed by atoms with Crippen molar-refractivity contribution >= 4 is 23.8 Å². The molecule has 1 saturated heterocycles. The zero-order chi connectivity index (χ0) is 13.0. The lowest BCUT2D eigenvalue weighted by Crippen LogP contribution is -2.52. The first-order chi connectivity index (χ1) is 7.97. The molecular weight excluding hydrogens is 244 g/mol. The molecule has 0 aromatic rings. The van der Waals surface area contributed by atoms with Crippen LogP contribution in [-0.4, -0.2) is 58.9 Å². The molecule has 0 aromatic carbocycles. The molecule has 2 amide bonds. The third-order valence-electron chi connectivity index (χ3n) is 2.53. The van der Waals surface area contributed by atoms with Gasteiger partial charge in [0.05, 0.1) is 18.0 Å². The van der Waals surface area contributed by atoms with Gasteiger partial charge in [-0.15, -0.1) is 11.8 Å².